The highest BCUT2D eigenvalue weighted by molar-refractivity contribution is 5.55. The lowest BCUT2D eigenvalue weighted by atomic mass is 10.2. The number of hydrogen-bond acceptors (Lipinski definition) is 7. The van der Waals surface area contributed by atoms with E-state index in [9.17, 15) is 15.2 Å². The Bertz CT molecular complexity index is 451. The molecule has 0 bridgehead atoms. The quantitative estimate of drug-likeness (QED) is 0.563. The van der Waals surface area contributed by atoms with Crippen LogP contribution in [0.2, 0.25) is 0 Å². The van der Waals surface area contributed by atoms with Crippen LogP contribution in [0.15, 0.2) is 18.3 Å². The first-order valence-corrected chi connectivity index (χ1v) is 6.47. The van der Waals surface area contributed by atoms with Crippen LogP contribution in [-0.4, -0.2) is 65.4 Å². The number of rotatable bonds is 6. The van der Waals surface area contributed by atoms with Crippen molar-refractivity contribution >= 4 is 11.5 Å². The molecule has 0 aromatic carbocycles. The van der Waals surface area contributed by atoms with Crippen LogP contribution >= 0.6 is 0 Å². The minimum Gasteiger partial charge on any atom is -0.394 e. The van der Waals surface area contributed by atoms with Crippen molar-refractivity contribution in [2.75, 3.05) is 44.8 Å². The van der Waals surface area contributed by atoms with Crippen molar-refractivity contribution < 1.29 is 14.8 Å². The Balaban J connectivity index is 2.00. The molecule has 0 amide bonds. The van der Waals surface area contributed by atoms with Gasteiger partial charge in [-0.25, -0.2) is 4.98 Å². The molecule has 0 spiro atoms. The van der Waals surface area contributed by atoms with Crippen LogP contribution in [0.25, 0.3) is 0 Å². The lowest BCUT2D eigenvalue weighted by Gasteiger charge is -2.30. The molecule has 1 aromatic rings. The molecule has 2 heterocycles. The summed E-state index contributed by atoms with van der Waals surface area (Å²) >= 11 is 0. The summed E-state index contributed by atoms with van der Waals surface area (Å²) in [5.41, 5.74) is -0.0899. The molecule has 110 valence electrons. The molecule has 8 heteroatoms. The maximum atomic E-state index is 10.9. The summed E-state index contributed by atoms with van der Waals surface area (Å²) in [4.78, 5) is 16.5. The molecule has 1 aliphatic rings. The molecule has 0 aliphatic carbocycles. The Morgan fingerprint density at radius 2 is 2.30 bits per heavy atom. The van der Waals surface area contributed by atoms with Crippen molar-refractivity contribution in [3.8, 4) is 0 Å². The third-order valence-corrected chi connectivity index (χ3v) is 3.13. The van der Waals surface area contributed by atoms with Crippen LogP contribution in [0.1, 0.15) is 0 Å². The topological polar surface area (TPSA) is 101 Å². The molecule has 1 aliphatic heterocycles. The number of morpholine rings is 1. The van der Waals surface area contributed by atoms with E-state index in [-0.39, 0.29) is 24.2 Å². The Hall–Kier alpha value is -1.77. The zero-order chi connectivity index (χ0) is 14.4. The van der Waals surface area contributed by atoms with Gasteiger partial charge in [0.1, 0.15) is 0 Å². The Labute approximate surface area is 116 Å². The standard InChI is InChI=1S/C12H18N4O4/c17-9-10(8-15-4-6-20-7-5-15)14-12-11(16(18)19)2-1-3-13-12/h1-3,10,17H,4-9H2,(H,13,14). The van der Waals surface area contributed by atoms with Gasteiger partial charge in [-0.05, 0) is 6.07 Å². The molecule has 0 saturated carbocycles. The van der Waals surface area contributed by atoms with E-state index in [1.807, 2.05) is 0 Å². The molecule has 1 atom stereocenters. The van der Waals surface area contributed by atoms with E-state index in [1.165, 1.54) is 18.3 Å². The highest BCUT2D eigenvalue weighted by Crippen LogP contribution is 2.21. The largest absolute Gasteiger partial charge is 0.394 e. The van der Waals surface area contributed by atoms with Crippen LogP contribution in [0, 0.1) is 10.1 Å². The lowest BCUT2D eigenvalue weighted by molar-refractivity contribution is -0.384. The summed E-state index contributed by atoms with van der Waals surface area (Å²) in [6, 6.07) is 2.60. The number of aliphatic hydroxyl groups is 1. The molecular formula is C12H18N4O4. The molecule has 2 rings (SSSR count). The van der Waals surface area contributed by atoms with Crippen molar-refractivity contribution in [1.82, 2.24) is 9.88 Å². The van der Waals surface area contributed by atoms with Gasteiger partial charge in [0.15, 0.2) is 0 Å². The number of ether oxygens (including phenoxy) is 1. The molecular weight excluding hydrogens is 264 g/mol. The van der Waals surface area contributed by atoms with E-state index in [1.54, 1.807) is 0 Å². The van der Waals surface area contributed by atoms with Gasteiger partial charge in [0.05, 0.1) is 30.8 Å². The van der Waals surface area contributed by atoms with E-state index in [0.717, 1.165) is 13.1 Å². The fourth-order valence-corrected chi connectivity index (χ4v) is 2.09. The van der Waals surface area contributed by atoms with Gasteiger partial charge in [-0.2, -0.15) is 0 Å². The van der Waals surface area contributed by atoms with Crippen LogP contribution < -0.4 is 5.32 Å². The second kappa shape index (κ2) is 7.13. The van der Waals surface area contributed by atoms with Crippen molar-refractivity contribution in [3.05, 3.63) is 28.4 Å². The summed E-state index contributed by atoms with van der Waals surface area (Å²) in [6.45, 7) is 3.40. The number of anilines is 1. The van der Waals surface area contributed by atoms with Crippen LogP contribution in [0.4, 0.5) is 11.5 Å². The van der Waals surface area contributed by atoms with E-state index >= 15 is 0 Å². The first-order valence-electron chi connectivity index (χ1n) is 6.47. The minimum atomic E-state index is -0.488. The number of nitro groups is 1. The highest BCUT2D eigenvalue weighted by Gasteiger charge is 2.20. The molecule has 20 heavy (non-hydrogen) atoms. The predicted molar refractivity (Wildman–Crippen MR) is 72.6 cm³/mol. The summed E-state index contributed by atoms with van der Waals surface area (Å²) in [6.07, 6.45) is 1.48. The SMILES string of the molecule is O=[N+]([O-])c1cccnc1NC(CO)CN1CCOCC1. The van der Waals surface area contributed by atoms with Crippen molar-refractivity contribution in [2.24, 2.45) is 0 Å². The third kappa shape index (κ3) is 3.86. The van der Waals surface area contributed by atoms with Gasteiger partial charge >= 0.3 is 5.69 Å². The molecule has 8 nitrogen and oxygen atoms in total. The number of aliphatic hydroxyl groups excluding tert-OH is 1. The van der Waals surface area contributed by atoms with Gasteiger partial charge in [0.25, 0.3) is 0 Å². The second-order valence-electron chi connectivity index (χ2n) is 4.57. The summed E-state index contributed by atoms with van der Waals surface area (Å²) < 4.78 is 5.26. The van der Waals surface area contributed by atoms with Gasteiger partial charge in [0.2, 0.25) is 5.82 Å². The molecule has 1 fully saturated rings. The number of hydrogen-bond donors (Lipinski definition) is 2. The van der Waals surface area contributed by atoms with E-state index in [2.05, 4.69) is 15.2 Å². The monoisotopic (exact) mass is 282 g/mol. The Morgan fingerprint density at radius 1 is 1.55 bits per heavy atom. The van der Waals surface area contributed by atoms with Gasteiger partial charge < -0.3 is 15.2 Å². The first kappa shape index (κ1) is 14.6. The zero-order valence-electron chi connectivity index (χ0n) is 11.1. The molecule has 1 saturated heterocycles. The smallest absolute Gasteiger partial charge is 0.311 e. The normalized spacial score (nSPS) is 17.6. The van der Waals surface area contributed by atoms with E-state index in [0.29, 0.717) is 19.8 Å². The molecule has 2 N–H and O–H groups in total. The number of aromatic nitrogens is 1. The number of nitrogens with one attached hydrogen (secondary N) is 1. The van der Waals surface area contributed by atoms with Gasteiger partial charge in [-0.3, -0.25) is 15.0 Å². The number of pyridine rings is 1. The van der Waals surface area contributed by atoms with Crippen LogP contribution in [0.3, 0.4) is 0 Å². The second-order valence-corrected chi connectivity index (χ2v) is 4.57. The van der Waals surface area contributed by atoms with Crippen molar-refractivity contribution in [1.29, 1.82) is 0 Å². The highest BCUT2D eigenvalue weighted by atomic mass is 16.6. The predicted octanol–water partition coefficient (Wildman–Crippen LogP) is 0.0948. The molecule has 1 unspecified atom stereocenters. The summed E-state index contributed by atoms with van der Waals surface area (Å²) in [5.74, 6) is 0.185. The maximum absolute atomic E-state index is 10.9. The van der Waals surface area contributed by atoms with Crippen LogP contribution in [-0.2, 0) is 4.74 Å². The average Bonchev–Trinajstić information content (AvgIpc) is 2.48. The van der Waals surface area contributed by atoms with Gasteiger partial charge in [-0.15, -0.1) is 0 Å². The summed E-state index contributed by atoms with van der Waals surface area (Å²) in [7, 11) is 0. The Morgan fingerprint density at radius 3 is 2.95 bits per heavy atom. The van der Waals surface area contributed by atoms with Crippen molar-refractivity contribution in [2.45, 2.75) is 6.04 Å². The zero-order valence-corrected chi connectivity index (χ0v) is 11.1. The fourth-order valence-electron chi connectivity index (χ4n) is 2.09. The third-order valence-electron chi connectivity index (χ3n) is 3.13. The van der Waals surface area contributed by atoms with E-state index in [4.69, 9.17) is 4.74 Å². The van der Waals surface area contributed by atoms with Crippen LogP contribution in [0.5, 0.6) is 0 Å². The first-order chi connectivity index (χ1) is 9.70. The van der Waals surface area contributed by atoms with E-state index < -0.39 is 4.92 Å². The van der Waals surface area contributed by atoms with Crippen molar-refractivity contribution in [3.63, 3.8) is 0 Å². The molecule has 0 radical (unpaired) electrons. The minimum absolute atomic E-state index is 0.0899. The molecule has 1 aromatic heterocycles. The summed E-state index contributed by atoms with van der Waals surface area (Å²) in [5, 5.41) is 23.3. The van der Waals surface area contributed by atoms with Gasteiger partial charge in [0, 0.05) is 31.9 Å². The Kier molecular flexibility index (Phi) is 5.22. The lowest BCUT2D eigenvalue weighted by Crippen LogP contribution is -2.44. The maximum Gasteiger partial charge on any atom is 0.311 e. The average molecular weight is 282 g/mol. The fraction of sp³-hybridized carbons (Fsp3) is 0.583. The van der Waals surface area contributed by atoms with Gasteiger partial charge in [-0.1, -0.05) is 0 Å². The number of nitrogens with zero attached hydrogens (tertiary/aromatic N) is 3.